The molecule has 1 aromatic carbocycles. The molecule has 0 fully saturated rings. The van der Waals surface area contributed by atoms with Gasteiger partial charge in [0.1, 0.15) is 10.7 Å². The van der Waals surface area contributed by atoms with Crippen LogP contribution in [0.15, 0.2) is 41.8 Å². The summed E-state index contributed by atoms with van der Waals surface area (Å²) in [5.74, 6) is -0.726. The highest BCUT2D eigenvalue weighted by Crippen LogP contribution is 2.19. The minimum absolute atomic E-state index is 0.163. The maximum absolute atomic E-state index is 11.8. The standard InChI is InChI=1S/C13H16O4S/c1-4-10(2)13(14)11(3)18(15,16)17-12-8-6-5-7-9-12/h5-10H,3-4H2,1-2H3. The van der Waals surface area contributed by atoms with Crippen molar-refractivity contribution in [1.29, 1.82) is 0 Å². The first-order valence-corrected chi connectivity index (χ1v) is 7.02. The van der Waals surface area contributed by atoms with Crippen molar-refractivity contribution in [2.75, 3.05) is 0 Å². The van der Waals surface area contributed by atoms with Crippen LogP contribution < -0.4 is 4.18 Å². The Kier molecular flexibility index (Phi) is 4.67. The van der Waals surface area contributed by atoms with Gasteiger partial charge < -0.3 is 4.18 Å². The molecule has 0 radical (unpaired) electrons. The van der Waals surface area contributed by atoms with Crippen LogP contribution in [0.3, 0.4) is 0 Å². The van der Waals surface area contributed by atoms with Crippen LogP contribution in [0, 0.1) is 5.92 Å². The molecule has 0 saturated carbocycles. The van der Waals surface area contributed by atoms with E-state index in [0.717, 1.165) is 0 Å². The molecule has 0 saturated heterocycles. The number of hydrogen-bond donors (Lipinski definition) is 0. The summed E-state index contributed by atoms with van der Waals surface area (Å²) in [6.07, 6.45) is 0.554. The summed E-state index contributed by atoms with van der Waals surface area (Å²) in [4.78, 5) is 11.3. The summed E-state index contributed by atoms with van der Waals surface area (Å²) in [7, 11) is -4.11. The van der Waals surface area contributed by atoms with Crippen molar-refractivity contribution in [3.8, 4) is 5.75 Å². The van der Waals surface area contributed by atoms with Crippen LogP contribution in [0.25, 0.3) is 0 Å². The number of allylic oxidation sites excluding steroid dienone is 1. The van der Waals surface area contributed by atoms with Gasteiger partial charge in [0.25, 0.3) is 0 Å². The summed E-state index contributed by atoms with van der Waals surface area (Å²) in [5, 5.41) is 0. The maximum Gasteiger partial charge on any atom is 0.342 e. The third kappa shape index (κ3) is 3.43. The second-order valence-electron chi connectivity index (χ2n) is 3.95. The molecule has 5 heteroatoms. The van der Waals surface area contributed by atoms with Crippen molar-refractivity contribution in [2.24, 2.45) is 5.92 Å². The lowest BCUT2D eigenvalue weighted by Gasteiger charge is -2.11. The Morgan fingerprint density at radius 3 is 2.39 bits per heavy atom. The molecule has 18 heavy (non-hydrogen) atoms. The Morgan fingerprint density at radius 2 is 1.89 bits per heavy atom. The number of para-hydroxylation sites is 1. The van der Waals surface area contributed by atoms with Gasteiger partial charge in [-0.2, -0.15) is 8.42 Å². The molecule has 0 aliphatic rings. The lowest BCUT2D eigenvalue weighted by Crippen LogP contribution is -2.22. The fourth-order valence-corrected chi connectivity index (χ4v) is 2.15. The van der Waals surface area contributed by atoms with Gasteiger partial charge in [-0.05, 0) is 18.6 Å². The summed E-state index contributed by atoms with van der Waals surface area (Å²) in [6.45, 7) is 6.79. The Balaban J connectivity index is 2.88. The first-order chi connectivity index (χ1) is 8.38. The summed E-state index contributed by atoms with van der Waals surface area (Å²) in [5.41, 5.74) is 0. The van der Waals surface area contributed by atoms with E-state index in [0.29, 0.717) is 6.42 Å². The van der Waals surface area contributed by atoms with E-state index in [1.54, 1.807) is 32.0 Å². The average molecular weight is 268 g/mol. The quantitative estimate of drug-likeness (QED) is 0.587. The van der Waals surface area contributed by atoms with E-state index in [1.165, 1.54) is 12.1 Å². The van der Waals surface area contributed by atoms with E-state index >= 15 is 0 Å². The van der Waals surface area contributed by atoms with E-state index in [1.807, 2.05) is 0 Å². The van der Waals surface area contributed by atoms with E-state index in [-0.39, 0.29) is 11.7 Å². The van der Waals surface area contributed by atoms with E-state index in [2.05, 4.69) is 6.58 Å². The Hall–Kier alpha value is -1.62. The summed E-state index contributed by atoms with van der Waals surface area (Å²) >= 11 is 0. The number of benzene rings is 1. The molecule has 0 heterocycles. The van der Waals surface area contributed by atoms with Gasteiger partial charge in [0.15, 0.2) is 5.78 Å². The molecule has 0 N–H and O–H groups in total. The normalized spacial score (nSPS) is 12.8. The summed E-state index contributed by atoms with van der Waals surface area (Å²) in [6, 6.07) is 8.02. The molecule has 1 aromatic rings. The van der Waals surface area contributed by atoms with Crippen molar-refractivity contribution in [1.82, 2.24) is 0 Å². The topological polar surface area (TPSA) is 60.4 Å². The smallest absolute Gasteiger partial charge is 0.342 e. The lowest BCUT2D eigenvalue weighted by molar-refractivity contribution is -0.118. The molecule has 0 spiro atoms. The van der Waals surface area contributed by atoms with Gasteiger partial charge in [0.05, 0.1) is 0 Å². The third-order valence-electron chi connectivity index (χ3n) is 2.59. The molecular formula is C13H16O4S. The highest BCUT2D eigenvalue weighted by atomic mass is 32.2. The van der Waals surface area contributed by atoms with Crippen LogP contribution in [0.2, 0.25) is 0 Å². The molecule has 0 aliphatic carbocycles. The highest BCUT2D eigenvalue weighted by Gasteiger charge is 2.27. The summed E-state index contributed by atoms with van der Waals surface area (Å²) < 4.78 is 28.5. The number of rotatable bonds is 6. The van der Waals surface area contributed by atoms with Crippen molar-refractivity contribution in [3.05, 3.63) is 41.8 Å². The number of hydrogen-bond acceptors (Lipinski definition) is 4. The second kappa shape index (κ2) is 5.82. The number of carbonyl (C=O) groups is 1. The van der Waals surface area contributed by atoms with Gasteiger partial charge in [0.2, 0.25) is 0 Å². The largest absolute Gasteiger partial charge is 0.379 e. The minimum Gasteiger partial charge on any atom is -0.379 e. The predicted molar refractivity (Wildman–Crippen MR) is 69.6 cm³/mol. The fourth-order valence-electron chi connectivity index (χ4n) is 1.24. The van der Waals surface area contributed by atoms with Crippen LogP contribution in [-0.4, -0.2) is 14.2 Å². The van der Waals surface area contributed by atoms with Gasteiger partial charge >= 0.3 is 10.1 Å². The van der Waals surface area contributed by atoms with Gasteiger partial charge in [-0.3, -0.25) is 4.79 Å². The van der Waals surface area contributed by atoms with Crippen LogP contribution in [0.4, 0.5) is 0 Å². The van der Waals surface area contributed by atoms with E-state index in [9.17, 15) is 13.2 Å². The molecular weight excluding hydrogens is 252 g/mol. The van der Waals surface area contributed by atoms with Crippen LogP contribution in [0.1, 0.15) is 20.3 Å². The molecule has 0 aromatic heterocycles. The van der Waals surface area contributed by atoms with Crippen molar-refractivity contribution in [3.63, 3.8) is 0 Å². The average Bonchev–Trinajstić information content (AvgIpc) is 2.36. The van der Waals surface area contributed by atoms with E-state index < -0.39 is 20.8 Å². The predicted octanol–water partition coefficient (Wildman–Crippen LogP) is 2.52. The Bertz CT molecular complexity index is 531. The second-order valence-corrected chi connectivity index (χ2v) is 5.51. The first-order valence-electron chi connectivity index (χ1n) is 5.61. The van der Waals surface area contributed by atoms with Crippen molar-refractivity contribution < 1.29 is 17.4 Å². The number of Topliss-reactive ketones (excluding diaryl/α,β-unsaturated/α-hetero) is 1. The molecule has 4 nitrogen and oxygen atoms in total. The third-order valence-corrected chi connectivity index (χ3v) is 3.80. The number of ketones is 1. The molecule has 0 amide bonds. The Morgan fingerprint density at radius 1 is 1.33 bits per heavy atom. The molecule has 1 unspecified atom stereocenters. The first kappa shape index (κ1) is 14.4. The SMILES string of the molecule is C=C(C(=O)C(C)CC)S(=O)(=O)Oc1ccccc1. The zero-order valence-electron chi connectivity index (χ0n) is 10.4. The van der Waals surface area contributed by atoms with Crippen molar-refractivity contribution in [2.45, 2.75) is 20.3 Å². The monoisotopic (exact) mass is 268 g/mol. The van der Waals surface area contributed by atoms with Gasteiger partial charge in [-0.15, -0.1) is 0 Å². The fraction of sp³-hybridized carbons (Fsp3) is 0.308. The van der Waals surface area contributed by atoms with Crippen LogP contribution >= 0.6 is 0 Å². The number of carbonyl (C=O) groups excluding carboxylic acids is 1. The zero-order valence-corrected chi connectivity index (χ0v) is 11.2. The zero-order chi connectivity index (χ0) is 13.8. The van der Waals surface area contributed by atoms with E-state index in [4.69, 9.17) is 4.18 Å². The van der Waals surface area contributed by atoms with Gasteiger partial charge in [-0.1, -0.05) is 38.6 Å². The molecule has 1 rings (SSSR count). The van der Waals surface area contributed by atoms with Crippen molar-refractivity contribution >= 4 is 15.9 Å². The molecule has 1 atom stereocenters. The molecule has 98 valence electrons. The van der Waals surface area contributed by atoms with Gasteiger partial charge in [-0.25, -0.2) is 0 Å². The van der Waals surface area contributed by atoms with Crippen LogP contribution in [-0.2, 0) is 14.9 Å². The van der Waals surface area contributed by atoms with Crippen LogP contribution in [0.5, 0.6) is 5.75 Å². The van der Waals surface area contributed by atoms with Gasteiger partial charge in [0, 0.05) is 5.92 Å². The molecule has 0 aliphatic heterocycles. The minimum atomic E-state index is -4.11. The maximum atomic E-state index is 11.8. The Labute approximate surface area is 107 Å². The lowest BCUT2D eigenvalue weighted by atomic mass is 10.0. The molecule has 0 bridgehead atoms. The highest BCUT2D eigenvalue weighted by molar-refractivity contribution is 7.92.